The molecule has 0 aliphatic rings. The van der Waals surface area contributed by atoms with Crippen molar-refractivity contribution in [2.24, 2.45) is 0 Å². The third kappa shape index (κ3) is 4.86. The number of anilines is 1. The summed E-state index contributed by atoms with van der Waals surface area (Å²) in [6, 6.07) is 12.9. The number of fused-ring (bicyclic) bond motifs is 1. The number of thioether (sulfide) groups is 1. The van der Waals surface area contributed by atoms with Crippen molar-refractivity contribution in [3.63, 3.8) is 0 Å². The zero-order valence-corrected chi connectivity index (χ0v) is 18.2. The fourth-order valence-electron chi connectivity index (χ4n) is 2.97. The number of benzene rings is 2. The Morgan fingerprint density at radius 1 is 1.16 bits per heavy atom. The van der Waals surface area contributed by atoms with E-state index in [1.165, 1.54) is 16.7 Å². The van der Waals surface area contributed by atoms with Crippen LogP contribution in [0.2, 0.25) is 0 Å². The molecule has 8 nitrogen and oxygen atoms in total. The largest absolute Gasteiger partial charge is 0.408 e. The molecular formula is C22H20FN5O3S. The monoisotopic (exact) mass is 453 g/mol. The Balaban J connectivity index is 1.58. The molecule has 0 aliphatic carbocycles. The second kappa shape index (κ2) is 9.31. The first kappa shape index (κ1) is 21.7. The van der Waals surface area contributed by atoms with Crippen LogP contribution in [0.15, 0.2) is 62.9 Å². The minimum Gasteiger partial charge on any atom is -0.408 e. The van der Waals surface area contributed by atoms with E-state index in [4.69, 9.17) is 4.42 Å². The summed E-state index contributed by atoms with van der Waals surface area (Å²) >= 11 is 1.11. The predicted octanol–water partition coefficient (Wildman–Crippen LogP) is 3.82. The number of carbonyl (C=O) groups excluding carboxylic acids is 1. The van der Waals surface area contributed by atoms with Gasteiger partial charge in [-0.2, -0.15) is 0 Å². The Kier molecular flexibility index (Phi) is 6.31. The molecule has 10 heteroatoms. The van der Waals surface area contributed by atoms with Gasteiger partial charge in [-0.25, -0.2) is 9.37 Å². The van der Waals surface area contributed by atoms with Crippen molar-refractivity contribution in [2.75, 3.05) is 11.1 Å². The van der Waals surface area contributed by atoms with E-state index in [1.54, 1.807) is 36.4 Å². The minimum absolute atomic E-state index is 0.0202. The van der Waals surface area contributed by atoms with E-state index in [-0.39, 0.29) is 41.5 Å². The van der Waals surface area contributed by atoms with E-state index in [9.17, 15) is 14.0 Å². The Morgan fingerprint density at radius 2 is 1.91 bits per heavy atom. The first-order valence-electron chi connectivity index (χ1n) is 9.91. The van der Waals surface area contributed by atoms with Gasteiger partial charge in [-0.1, -0.05) is 55.0 Å². The molecule has 0 fully saturated rings. The number of para-hydroxylation sites is 1. The lowest BCUT2D eigenvalue weighted by atomic mass is 10.2. The maximum absolute atomic E-state index is 13.3. The van der Waals surface area contributed by atoms with E-state index in [0.29, 0.717) is 22.0 Å². The van der Waals surface area contributed by atoms with Crippen LogP contribution in [-0.2, 0) is 11.3 Å². The highest BCUT2D eigenvalue weighted by molar-refractivity contribution is 7.99. The normalized spacial score (nSPS) is 11.2. The van der Waals surface area contributed by atoms with E-state index in [1.807, 2.05) is 13.8 Å². The van der Waals surface area contributed by atoms with Gasteiger partial charge in [-0.05, 0) is 29.8 Å². The molecule has 0 saturated heterocycles. The average molecular weight is 453 g/mol. The molecule has 0 atom stereocenters. The molecule has 1 N–H and O–H groups in total. The second-order valence-electron chi connectivity index (χ2n) is 7.37. The number of hydrogen-bond donors (Lipinski definition) is 1. The van der Waals surface area contributed by atoms with E-state index in [0.717, 1.165) is 17.3 Å². The molecule has 4 aromatic rings. The molecule has 164 valence electrons. The summed E-state index contributed by atoms with van der Waals surface area (Å²) < 4.78 is 20.2. The Labute approximate surface area is 186 Å². The second-order valence-corrected chi connectivity index (χ2v) is 8.31. The fourth-order valence-corrected chi connectivity index (χ4v) is 3.77. The summed E-state index contributed by atoms with van der Waals surface area (Å²) in [5.74, 6) is -0.272. The molecule has 0 aliphatic heterocycles. The lowest BCUT2D eigenvalue weighted by molar-refractivity contribution is -0.113. The molecule has 2 aromatic carbocycles. The first-order chi connectivity index (χ1) is 15.4. The van der Waals surface area contributed by atoms with Gasteiger partial charge in [-0.15, -0.1) is 5.10 Å². The van der Waals surface area contributed by atoms with Crippen LogP contribution in [0.4, 0.5) is 10.4 Å². The molecule has 1 amide bonds. The Morgan fingerprint density at radius 3 is 2.62 bits per heavy atom. The van der Waals surface area contributed by atoms with Crippen molar-refractivity contribution in [3.05, 3.63) is 76.2 Å². The van der Waals surface area contributed by atoms with Crippen molar-refractivity contribution in [3.8, 4) is 0 Å². The molecule has 2 aromatic heterocycles. The van der Waals surface area contributed by atoms with Crippen LogP contribution >= 0.6 is 11.8 Å². The smallest absolute Gasteiger partial charge is 0.322 e. The first-order valence-corrected chi connectivity index (χ1v) is 10.9. The van der Waals surface area contributed by atoms with Gasteiger partial charge in [0.05, 0.1) is 23.2 Å². The number of halogens is 1. The number of nitrogens with zero attached hydrogens (tertiary/aromatic N) is 4. The van der Waals surface area contributed by atoms with Gasteiger partial charge in [0.2, 0.25) is 11.8 Å². The maximum atomic E-state index is 13.3. The SMILES string of the molecule is CC(C)c1nnc(NC(=O)CSc2nc3ccccc3c(=O)n2Cc2ccc(F)cc2)o1. The van der Waals surface area contributed by atoms with Crippen LogP contribution < -0.4 is 10.9 Å². The highest BCUT2D eigenvalue weighted by atomic mass is 32.2. The maximum Gasteiger partial charge on any atom is 0.322 e. The molecule has 2 heterocycles. The van der Waals surface area contributed by atoms with Crippen LogP contribution in [-0.4, -0.2) is 31.4 Å². The van der Waals surface area contributed by atoms with Crippen LogP contribution in [0, 0.1) is 5.82 Å². The van der Waals surface area contributed by atoms with Crippen molar-refractivity contribution >= 4 is 34.6 Å². The fraction of sp³-hybridized carbons (Fsp3) is 0.227. The molecule has 0 saturated carbocycles. The van der Waals surface area contributed by atoms with E-state index >= 15 is 0 Å². The quantitative estimate of drug-likeness (QED) is 0.335. The van der Waals surface area contributed by atoms with E-state index in [2.05, 4.69) is 20.5 Å². The van der Waals surface area contributed by atoms with E-state index < -0.39 is 0 Å². The number of rotatable bonds is 7. The average Bonchev–Trinajstić information content (AvgIpc) is 3.25. The van der Waals surface area contributed by atoms with Gasteiger partial charge in [0, 0.05) is 5.92 Å². The molecule has 0 unspecified atom stereocenters. The number of amides is 1. The van der Waals surface area contributed by atoms with Gasteiger partial charge < -0.3 is 4.42 Å². The third-order valence-electron chi connectivity index (χ3n) is 4.59. The summed E-state index contributed by atoms with van der Waals surface area (Å²) in [4.78, 5) is 30.1. The van der Waals surface area contributed by atoms with Gasteiger partial charge in [0.15, 0.2) is 5.16 Å². The van der Waals surface area contributed by atoms with Gasteiger partial charge in [-0.3, -0.25) is 19.5 Å². The molecule has 0 bridgehead atoms. The zero-order chi connectivity index (χ0) is 22.7. The zero-order valence-electron chi connectivity index (χ0n) is 17.4. The summed E-state index contributed by atoms with van der Waals surface area (Å²) in [6.45, 7) is 4.00. The number of nitrogens with one attached hydrogen (secondary N) is 1. The van der Waals surface area contributed by atoms with Gasteiger partial charge in [0.1, 0.15) is 5.82 Å². The van der Waals surface area contributed by atoms with Crippen molar-refractivity contribution in [2.45, 2.75) is 31.5 Å². The molecule has 0 radical (unpaired) electrons. The van der Waals surface area contributed by atoms with Crippen molar-refractivity contribution in [1.29, 1.82) is 0 Å². The van der Waals surface area contributed by atoms with Crippen molar-refractivity contribution < 1.29 is 13.6 Å². The standard InChI is InChI=1S/C22H20FN5O3S/c1-13(2)19-26-27-21(31-19)25-18(29)12-32-22-24-17-6-4-3-5-16(17)20(30)28(22)11-14-7-9-15(23)10-8-14/h3-10,13H,11-12H2,1-2H3,(H,25,27,29). The number of hydrogen-bond acceptors (Lipinski definition) is 7. The highest BCUT2D eigenvalue weighted by Gasteiger charge is 2.16. The number of aromatic nitrogens is 4. The highest BCUT2D eigenvalue weighted by Crippen LogP contribution is 2.20. The predicted molar refractivity (Wildman–Crippen MR) is 119 cm³/mol. The van der Waals surface area contributed by atoms with Crippen LogP contribution in [0.3, 0.4) is 0 Å². The third-order valence-corrected chi connectivity index (χ3v) is 5.57. The lowest BCUT2D eigenvalue weighted by Gasteiger charge is -2.13. The molecule has 0 spiro atoms. The number of carbonyl (C=O) groups is 1. The molecular weight excluding hydrogens is 433 g/mol. The Bertz CT molecular complexity index is 1320. The van der Waals surface area contributed by atoms with Crippen molar-refractivity contribution in [1.82, 2.24) is 19.7 Å². The van der Waals surface area contributed by atoms with Gasteiger partial charge >= 0.3 is 6.01 Å². The van der Waals surface area contributed by atoms with Crippen LogP contribution in [0.1, 0.15) is 31.2 Å². The molecule has 32 heavy (non-hydrogen) atoms. The van der Waals surface area contributed by atoms with Crippen LogP contribution in [0.25, 0.3) is 10.9 Å². The topological polar surface area (TPSA) is 103 Å². The summed E-state index contributed by atoms with van der Waals surface area (Å²) in [5, 5.41) is 11.1. The summed E-state index contributed by atoms with van der Waals surface area (Å²) in [7, 11) is 0. The summed E-state index contributed by atoms with van der Waals surface area (Å²) in [6.07, 6.45) is 0. The van der Waals surface area contributed by atoms with Gasteiger partial charge in [0.25, 0.3) is 5.56 Å². The minimum atomic E-state index is -0.371. The lowest BCUT2D eigenvalue weighted by Crippen LogP contribution is -2.25. The summed E-state index contributed by atoms with van der Waals surface area (Å²) in [5.41, 5.74) is 1.04. The Hall–Kier alpha value is -3.53. The molecule has 4 rings (SSSR count). The van der Waals surface area contributed by atoms with Crippen LogP contribution in [0.5, 0.6) is 0 Å².